The van der Waals surface area contributed by atoms with Gasteiger partial charge in [0.15, 0.2) is 0 Å². The maximum atomic E-state index is 5.47. The first kappa shape index (κ1) is 9.88. The van der Waals surface area contributed by atoms with Crippen LogP contribution in [0.4, 0.5) is 0 Å². The number of nitrogens with zero attached hydrogens (tertiary/aromatic N) is 1. The first-order valence-electron chi connectivity index (χ1n) is 3.47. The highest BCUT2D eigenvalue weighted by Gasteiger charge is 2.21. The van der Waals surface area contributed by atoms with Gasteiger partial charge in [0.25, 0.3) is 0 Å². The number of rotatable bonds is 3. The molecule has 0 radical (unpaired) electrons. The number of ether oxygens (including phenoxy) is 1. The van der Waals surface area contributed by atoms with Crippen LogP contribution >= 0.6 is 0 Å². The van der Waals surface area contributed by atoms with E-state index >= 15 is 0 Å². The van der Waals surface area contributed by atoms with Crippen molar-refractivity contribution in [2.45, 2.75) is 32.7 Å². The zero-order chi connectivity index (χ0) is 8.36. The molecule has 0 spiro atoms. The molecule has 0 bridgehead atoms. The fraction of sp³-hybridized carbons (Fsp3) is 1.00. The van der Waals surface area contributed by atoms with Crippen LogP contribution in [0.5, 0.6) is 0 Å². The van der Waals surface area contributed by atoms with E-state index in [9.17, 15) is 0 Å². The average molecular weight is 146 g/mol. The van der Waals surface area contributed by atoms with Crippen molar-refractivity contribution in [1.82, 2.24) is 4.90 Å². The topological polar surface area (TPSA) is 38.5 Å². The summed E-state index contributed by atoms with van der Waals surface area (Å²) < 4.78 is 5.40. The normalized spacial score (nSPS) is 15.9. The third kappa shape index (κ3) is 3.15. The Kier molecular flexibility index (Phi) is 3.28. The molecule has 1 unspecified atom stereocenters. The Morgan fingerprint density at radius 2 is 1.80 bits per heavy atom. The molecule has 0 rings (SSSR count). The van der Waals surface area contributed by atoms with E-state index in [0.717, 1.165) is 0 Å². The quantitative estimate of drug-likeness (QED) is 0.593. The van der Waals surface area contributed by atoms with E-state index in [0.29, 0.717) is 0 Å². The van der Waals surface area contributed by atoms with Crippen molar-refractivity contribution in [2.24, 2.45) is 5.73 Å². The molecule has 0 amide bonds. The molecule has 2 N–H and O–H groups in total. The Bertz CT molecular complexity index is 99.8. The molecule has 62 valence electrons. The molecule has 1 atom stereocenters. The first-order chi connectivity index (χ1) is 4.36. The highest BCUT2D eigenvalue weighted by Crippen LogP contribution is 2.12. The van der Waals surface area contributed by atoms with Gasteiger partial charge in [0.1, 0.15) is 12.0 Å². The summed E-state index contributed by atoms with van der Waals surface area (Å²) in [6.45, 7) is 5.79. The maximum Gasteiger partial charge on any atom is 0.117 e. The number of nitrogens with two attached hydrogens (primary N) is 1. The number of hydrogen-bond acceptors (Lipinski definition) is 3. The van der Waals surface area contributed by atoms with Crippen LogP contribution in [0.25, 0.3) is 0 Å². The molecule has 3 nitrogen and oxygen atoms in total. The summed E-state index contributed by atoms with van der Waals surface area (Å²) in [5.74, 6) is 0. The minimum atomic E-state index is -0.270. The van der Waals surface area contributed by atoms with E-state index in [1.807, 2.05) is 39.8 Å². The van der Waals surface area contributed by atoms with Crippen molar-refractivity contribution < 1.29 is 4.74 Å². The Balaban J connectivity index is 3.87. The predicted octanol–water partition coefficient (Wildman–Crippen LogP) is 0.605. The van der Waals surface area contributed by atoms with Crippen molar-refractivity contribution in [3.8, 4) is 0 Å². The molecule has 0 aliphatic carbocycles. The summed E-state index contributed by atoms with van der Waals surface area (Å²) >= 11 is 0. The molecule has 0 aromatic rings. The minimum Gasteiger partial charge on any atom is -0.343 e. The molecular formula is C7H18N2O. The predicted molar refractivity (Wildman–Crippen MR) is 42.5 cm³/mol. The summed E-state index contributed by atoms with van der Waals surface area (Å²) in [7, 11) is 3.92. The monoisotopic (exact) mass is 146 g/mol. The lowest BCUT2D eigenvalue weighted by Gasteiger charge is -2.33. The van der Waals surface area contributed by atoms with Gasteiger partial charge in [-0.05, 0) is 34.9 Å². The fourth-order valence-electron chi connectivity index (χ4n) is 0.560. The zero-order valence-corrected chi connectivity index (χ0v) is 7.51. The SMILES string of the molecule is CC(N)OC(C)(C)N(C)C. The zero-order valence-electron chi connectivity index (χ0n) is 7.51. The second-order valence-electron chi connectivity index (χ2n) is 3.16. The van der Waals surface area contributed by atoms with E-state index in [-0.39, 0.29) is 12.0 Å². The third-order valence-electron chi connectivity index (χ3n) is 1.55. The van der Waals surface area contributed by atoms with Gasteiger partial charge in [-0.3, -0.25) is 4.90 Å². The molecule has 0 aromatic carbocycles. The van der Waals surface area contributed by atoms with Gasteiger partial charge in [-0.25, -0.2) is 0 Å². The van der Waals surface area contributed by atoms with Gasteiger partial charge in [0, 0.05) is 0 Å². The van der Waals surface area contributed by atoms with Crippen LogP contribution in [0.2, 0.25) is 0 Å². The van der Waals surface area contributed by atoms with Gasteiger partial charge in [0.2, 0.25) is 0 Å². The highest BCUT2D eigenvalue weighted by atomic mass is 16.5. The average Bonchev–Trinajstić information content (AvgIpc) is 1.60. The fourth-order valence-corrected chi connectivity index (χ4v) is 0.560. The van der Waals surface area contributed by atoms with E-state index in [2.05, 4.69) is 0 Å². The summed E-state index contributed by atoms with van der Waals surface area (Å²) in [5.41, 5.74) is 5.20. The van der Waals surface area contributed by atoms with Gasteiger partial charge in [-0.2, -0.15) is 0 Å². The van der Waals surface area contributed by atoms with Gasteiger partial charge in [0.05, 0.1) is 0 Å². The molecule has 0 aliphatic rings. The smallest absolute Gasteiger partial charge is 0.117 e. The van der Waals surface area contributed by atoms with Gasteiger partial charge < -0.3 is 10.5 Å². The second kappa shape index (κ2) is 3.32. The Morgan fingerprint density at radius 3 is 1.90 bits per heavy atom. The van der Waals surface area contributed by atoms with Crippen LogP contribution in [0.3, 0.4) is 0 Å². The van der Waals surface area contributed by atoms with Crippen LogP contribution < -0.4 is 5.73 Å². The van der Waals surface area contributed by atoms with Gasteiger partial charge in [-0.15, -0.1) is 0 Å². The Morgan fingerprint density at radius 1 is 1.40 bits per heavy atom. The molecule has 0 saturated carbocycles. The van der Waals surface area contributed by atoms with Crippen LogP contribution in [0.15, 0.2) is 0 Å². The molecular weight excluding hydrogens is 128 g/mol. The summed E-state index contributed by atoms with van der Waals surface area (Å²) in [4.78, 5) is 1.98. The Hall–Kier alpha value is -0.120. The molecule has 0 saturated heterocycles. The van der Waals surface area contributed by atoms with Gasteiger partial charge >= 0.3 is 0 Å². The van der Waals surface area contributed by atoms with Crippen LogP contribution in [0, 0.1) is 0 Å². The maximum absolute atomic E-state index is 5.47. The van der Waals surface area contributed by atoms with Crippen LogP contribution in [-0.4, -0.2) is 30.9 Å². The molecule has 3 heteroatoms. The van der Waals surface area contributed by atoms with Gasteiger partial charge in [-0.1, -0.05) is 0 Å². The van der Waals surface area contributed by atoms with Crippen LogP contribution in [0.1, 0.15) is 20.8 Å². The van der Waals surface area contributed by atoms with Crippen molar-refractivity contribution in [2.75, 3.05) is 14.1 Å². The van der Waals surface area contributed by atoms with Crippen molar-refractivity contribution in [3.63, 3.8) is 0 Å². The second-order valence-corrected chi connectivity index (χ2v) is 3.16. The molecule has 0 heterocycles. The van der Waals surface area contributed by atoms with E-state index in [1.165, 1.54) is 0 Å². The summed E-state index contributed by atoms with van der Waals surface area (Å²) in [6, 6.07) is 0. The molecule has 10 heavy (non-hydrogen) atoms. The number of hydrogen-bond donors (Lipinski definition) is 1. The van der Waals surface area contributed by atoms with E-state index in [4.69, 9.17) is 10.5 Å². The molecule has 0 aromatic heterocycles. The lowest BCUT2D eigenvalue weighted by molar-refractivity contribution is -0.140. The van der Waals surface area contributed by atoms with E-state index < -0.39 is 0 Å². The summed E-state index contributed by atoms with van der Waals surface area (Å²) in [6.07, 6.45) is -0.211. The Labute approximate surface area is 63.1 Å². The first-order valence-corrected chi connectivity index (χ1v) is 3.47. The lowest BCUT2D eigenvalue weighted by atomic mass is 10.3. The van der Waals surface area contributed by atoms with Crippen LogP contribution in [-0.2, 0) is 4.74 Å². The largest absolute Gasteiger partial charge is 0.343 e. The van der Waals surface area contributed by atoms with Crippen molar-refractivity contribution in [1.29, 1.82) is 0 Å². The van der Waals surface area contributed by atoms with Crippen molar-refractivity contribution in [3.05, 3.63) is 0 Å². The lowest BCUT2D eigenvalue weighted by Crippen LogP contribution is -2.45. The molecule has 0 fully saturated rings. The standard InChI is InChI=1S/C7H18N2O/c1-6(8)10-7(2,3)9(4)5/h6H,8H2,1-5H3. The molecule has 0 aliphatic heterocycles. The summed E-state index contributed by atoms with van der Waals surface area (Å²) in [5, 5.41) is 0. The van der Waals surface area contributed by atoms with Crippen molar-refractivity contribution >= 4 is 0 Å². The highest BCUT2D eigenvalue weighted by molar-refractivity contribution is 4.64. The third-order valence-corrected chi connectivity index (χ3v) is 1.55. The minimum absolute atomic E-state index is 0.211. The van der Waals surface area contributed by atoms with E-state index in [1.54, 1.807) is 0 Å².